The first-order chi connectivity index (χ1) is 12.2. The summed E-state index contributed by atoms with van der Waals surface area (Å²) in [6, 6.07) is 6.80. The highest BCUT2D eigenvalue weighted by molar-refractivity contribution is 5.99. The summed E-state index contributed by atoms with van der Waals surface area (Å²) in [5, 5.41) is 1.33. The van der Waals surface area contributed by atoms with E-state index in [4.69, 9.17) is 4.74 Å². The van der Waals surface area contributed by atoms with Crippen LogP contribution in [-0.4, -0.2) is 66.6 Å². The lowest BCUT2D eigenvalue weighted by molar-refractivity contribution is -0.138. The monoisotopic (exact) mass is 337 g/mol. The number of likely N-dealkylation sites (N-methyl/N-ethyl adjacent to an activating group) is 1. The quantitative estimate of drug-likeness (QED) is 0.865. The van der Waals surface area contributed by atoms with Gasteiger partial charge in [0.05, 0.1) is 19.1 Å². The number of H-pyrrole nitrogens is 1. The number of aromatic nitrogens is 1. The molecule has 130 valence electrons. The molecule has 1 amide bonds. The Hall–Kier alpha value is -2.11. The van der Waals surface area contributed by atoms with Crippen LogP contribution in [0.4, 0.5) is 0 Å². The van der Waals surface area contributed by atoms with E-state index in [1.807, 2.05) is 4.90 Å². The minimum absolute atomic E-state index is 0.0647. The van der Waals surface area contributed by atoms with Crippen molar-refractivity contribution in [1.29, 1.82) is 0 Å². The van der Waals surface area contributed by atoms with Gasteiger partial charge in [0.1, 0.15) is 0 Å². The molecule has 5 heteroatoms. The van der Waals surface area contributed by atoms with Crippen LogP contribution < -0.4 is 0 Å². The topological polar surface area (TPSA) is 48.6 Å². The Balaban J connectivity index is 1.55. The fraction of sp³-hybridized carbons (Fsp3) is 0.450. The van der Waals surface area contributed by atoms with Gasteiger partial charge in [0, 0.05) is 42.8 Å². The van der Waals surface area contributed by atoms with Crippen molar-refractivity contribution >= 4 is 22.4 Å². The van der Waals surface area contributed by atoms with Crippen molar-refractivity contribution in [1.82, 2.24) is 14.8 Å². The molecule has 2 aliphatic heterocycles. The highest BCUT2D eigenvalue weighted by Crippen LogP contribution is 2.40. The molecule has 0 radical (unpaired) electrons. The molecule has 0 saturated carbocycles. The lowest BCUT2D eigenvalue weighted by Crippen LogP contribution is -2.49. The number of benzene rings is 1. The minimum Gasteiger partial charge on any atom is -0.378 e. The molecule has 1 aliphatic carbocycles. The molecule has 5 nitrogen and oxygen atoms in total. The number of aromatic amines is 1. The summed E-state index contributed by atoms with van der Waals surface area (Å²) in [5.41, 5.74) is 5.18. The molecule has 25 heavy (non-hydrogen) atoms. The number of rotatable bonds is 1. The number of morpholine rings is 1. The molecule has 0 spiro atoms. The van der Waals surface area contributed by atoms with Gasteiger partial charge in [0.25, 0.3) is 0 Å². The van der Waals surface area contributed by atoms with E-state index in [1.165, 1.54) is 27.6 Å². The molecule has 1 fully saturated rings. The van der Waals surface area contributed by atoms with E-state index in [0.717, 1.165) is 13.0 Å². The largest absolute Gasteiger partial charge is 0.378 e. The summed E-state index contributed by atoms with van der Waals surface area (Å²) in [6.45, 7) is 3.52. The lowest BCUT2D eigenvalue weighted by Gasteiger charge is -2.41. The Labute approximate surface area is 147 Å². The Morgan fingerprint density at radius 2 is 2.12 bits per heavy atom. The third kappa shape index (κ3) is 2.34. The molecule has 0 bridgehead atoms. The predicted octanol–water partition coefficient (Wildman–Crippen LogP) is 1.90. The van der Waals surface area contributed by atoms with Gasteiger partial charge in [-0.25, -0.2) is 0 Å². The molecule has 1 N–H and O–H groups in total. The molecular formula is C20H23N3O2. The summed E-state index contributed by atoms with van der Waals surface area (Å²) in [6.07, 6.45) is 5.40. The third-order valence-corrected chi connectivity index (χ3v) is 5.91. The van der Waals surface area contributed by atoms with E-state index < -0.39 is 0 Å². The molecule has 1 aromatic carbocycles. The van der Waals surface area contributed by atoms with Crippen LogP contribution in [0.2, 0.25) is 0 Å². The first-order valence-electron chi connectivity index (χ1n) is 9.10. The van der Waals surface area contributed by atoms with Crippen LogP contribution in [0.25, 0.3) is 16.5 Å². The van der Waals surface area contributed by atoms with Crippen molar-refractivity contribution in [3.8, 4) is 0 Å². The van der Waals surface area contributed by atoms with Gasteiger partial charge in [-0.2, -0.15) is 0 Å². The summed E-state index contributed by atoms with van der Waals surface area (Å²) in [4.78, 5) is 20.7. The van der Waals surface area contributed by atoms with E-state index in [-0.39, 0.29) is 11.8 Å². The molecule has 3 aliphatic rings. The van der Waals surface area contributed by atoms with E-state index in [0.29, 0.717) is 32.3 Å². The number of hydrogen-bond acceptors (Lipinski definition) is 3. The fourth-order valence-corrected chi connectivity index (χ4v) is 4.62. The highest BCUT2D eigenvalue weighted by Gasteiger charge is 2.36. The number of carbonyl (C=O) groups excluding carboxylic acids is 1. The van der Waals surface area contributed by atoms with Gasteiger partial charge < -0.3 is 14.6 Å². The highest BCUT2D eigenvalue weighted by atomic mass is 16.5. The number of nitrogens with one attached hydrogen (secondary N) is 1. The second-order valence-corrected chi connectivity index (χ2v) is 7.37. The van der Waals surface area contributed by atoms with E-state index in [2.05, 4.69) is 47.4 Å². The molecule has 2 aromatic rings. The van der Waals surface area contributed by atoms with Crippen molar-refractivity contribution in [3.05, 3.63) is 41.6 Å². The van der Waals surface area contributed by atoms with E-state index >= 15 is 0 Å². The number of amides is 1. The van der Waals surface area contributed by atoms with Crippen molar-refractivity contribution in [2.75, 3.05) is 39.9 Å². The first kappa shape index (κ1) is 15.2. The average molecular weight is 337 g/mol. The first-order valence-corrected chi connectivity index (χ1v) is 9.10. The lowest BCUT2D eigenvalue weighted by atomic mass is 9.79. The molecule has 3 heterocycles. The summed E-state index contributed by atoms with van der Waals surface area (Å²) in [7, 11) is 2.15. The second kappa shape index (κ2) is 5.71. The van der Waals surface area contributed by atoms with Crippen LogP contribution in [0.15, 0.2) is 30.5 Å². The number of fused-ring (bicyclic) bond motifs is 2. The van der Waals surface area contributed by atoms with Crippen LogP contribution in [0, 0.1) is 5.92 Å². The van der Waals surface area contributed by atoms with Crippen molar-refractivity contribution in [2.45, 2.75) is 12.5 Å². The van der Waals surface area contributed by atoms with Gasteiger partial charge in [0.15, 0.2) is 0 Å². The zero-order chi connectivity index (χ0) is 17.0. The molecule has 1 aromatic heterocycles. The Morgan fingerprint density at radius 3 is 2.96 bits per heavy atom. The Bertz CT molecular complexity index is 863. The summed E-state index contributed by atoms with van der Waals surface area (Å²) < 4.78 is 5.39. The second-order valence-electron chi connectivity index (χ2n) is 7.37. The van der Waals surface area contributed by atoms with Gasteiger partial charge in [-0.3, -0.25) is 9.69 Å². The van der Waals surface area contributed by atoms with E-state index in [1.54, 1.807) is 0 Å². The third-order valence-electron chi connectivity index (χ3n) is 5.91. The maximum absolute atomic E-state index is 13.0. The van der Waals surface area contributed by atoms with Crippen LogP contribution in [-0.2, 0) is 16.0 Å². The van der Waals surface area contributed by atoms with Gasteiger partial charge in [-0.15, -0.1) is 0 Å². The standard InChI is InChI=1S/C20H23N3O2/c1-22-12-14(20(24)23-5-7-25-8-6-23)9-16-15-3-2-4-17-19(15)13(11-21-17)10-18(16)22/h2-4,9,11,14,18,21H,5-8,10,12H2,1H3/t14-,18+/m0/s1. The summed E-state index contributed by atoms with van der Waals surface area (Å²) in [5.74, 6) is 0.179. The van der Waals surface area contributed by atoms with Gasteiger partial charge >= 0.3 is 0 Å². The maximum Gasteiger partial charge on any atom is 0.230 e. The van der Waals surface area contributed by atoms with Crippen molar-refractivity contribution < 1.29 is 9.53 Å². The molecule has 2 atom stereocenters. The number of carbonyl (C=O) groups is 1. The number of ether oxygens (including phenoxy) is 1. The Kier molecular flexibility index (Phi) is 3.47. The zero-order valence-corrected chi connectivity index (χ0v) is 14.5. The number of hydrogen-bond donors (Lipinski definition) is 1. The Morgan fingerprint density at radius 1 is 1.28 bits per heavy atom. The van der Waals surface area contributed by atoms with Crippen molar-refractivity contribution in [2.24, 2.45) is 5.92 Å². The predicted molar refractivity (Wildman–Crippen MR) is 97.3 cm³/mol. The molecule has 5 rings (SSSR count). The zero-order valence-electron chi connectivity index (χ0n) is 14.5. The van der Waals surface area contributed by atoms with Crippen LogP contribution >= 0.6 is 0 Å². The van der Waals surface area contributed by atoms with Gasteiger partial charge in [-0.1, -0.05) is 18.2 Å². The average Bonchev–Trinajstić information content (AvgIpc) is 3.07. The fourth-order valence-electron chi connectivity index (χ4n) is 4.62. The maximum atomic E-state index is 13.0. The van der Waals surface area contributed by atoms with Crippen LogP contribution in [0.3, 0.4) is 0 Å². The van der Waals surface area contributed by atoms with E-state index in [9.17, 15) is 4.79 Å². The molecular weight excluding hydrogens is 314 g/mol. The summed E-state index contributed by atoms with van der Waals surface area (Å²) >= 11 is 0. The molecule has 1 saturated heterocycles. The SMILES string of the molecule is CN1C[C@@H](C(=O)N2CCOCC2)C=C2c3cccc4[nH]cc(c34)C[C@H]21. The number of nitrogens with zero attached hydrogens (tertiary/aromatic N) is 2. The van der Waals surface area contributed by atoms with Crippen LogP contribution in [0.1, 0.15) is 11.1 Å². The van der Waals surface area contributed by atoms with Crippen LogP contribution in [0.5, 0.6) is 0 Å². The normalized spacial score (nSPS) is 26.4. The van der Waals surface area contributed by atoms with Gasteiger partial charge in [-0.05, 0) is 36.2 Å². The van der Waals surface area contributed by atoms with Crippen molar-refractivity contribution in [3.63, 3.8) is 0 Å². The minimum atomic E-state index is -0.0647. The molecule has 0 unspecified atom stereocenters. The van der Waals surface area contributed by atoms with Gasteiger partial charge in [0.2, 0.25) is 5.91 Å². The smallest absolute Gasteiger partial charge is 0.230 e.